The van der Waals surface area contributed by atoms with Crippen LogP contribution in [0.4, 0.5) is 0 Å². The lowest BCUT2D eigenvalue weighted by atomic mass is 9.86. The molecule has 1 aliphatic heterocycles. The first-order valence-electron chi connectivity index (χ1n) is 11.1. The van der Waals surface area contributed by atoms with E-state index < -0.39 is 27.7 Å². The molecule has 1 saturated carbocycles. The highest BCUT2D eigenvalue weighted by molar-refractivity contribution is 7.88. The second-order valence-electron chi connectivity index (χ2n) is 9.46. The van der Waals surface area contributed by atoms with Gasteiger partial charge in [-0.15, -0.1) is 0 Å². The highest BCUT2D eigenvalue weighted by Crippen LogP contribution is 2.31. The number of pyridine rings is 1. The Morgan fingerprint density at radius 1 is 1.20 bits per heavy atom. The summed E-state index contributed by atoms with van der Waals surface area (Å²) in [6, 6.07) is 2.68. The van der Waals surface area contributed by atoms with Crippen molar-refractivity contribution in [2.24, 2.45) is 5.92 Å². The molecule has 0 aromatic carbocycles. The van der Waals surface area contributed by atoms with Crippen molar-refractivity contribution in [1.82, 2.24) is 9.29 Å². The molecule has 170 valence electrons. The van der Waals surface area contributed by atoms with E-state index in [9.17, 15) is 18.3 Å². The normalized spacial score (nSPS) is 27.6. The lowest BCUT2D eigenvalue weighted by Crippen LogP contribution is -2.50. The van der Waals surface area contributed by atoms with E-state index >= 15 is 0 Å². The summed E-state index contributed by atoms with van der Waals surface area (Å²) < 4.78 is 34.5. The maximum Gasteiger partial charge on any atom is 0.257 e. The van der Waals surface area contributed by atoms with Crippen LogP contribution in [0.1, 0.15) is 76.6 Å². The summed E-state index contributed by atoms with van der Waals surface area (Å²) >= 11 is 0. The summed E-state index contributed by atoms with van der Waals surface area (Å²) in [5.41, 5.74) is -0.397. The van der Waals surface area contributed by atoms with Gasteiger partial charge in [0.2, 0.25) is 10.0 Å². The molecule has 7 nitrogen and oxygen atoms in total. The van der Waals surface area contributed by atoms with Crippen LogP contribution >= 0.6 is 0 Å². The first-order chi connectivity index (χ1) is 14.0. The SMILES string of the molecule is CCC1CCC(OCC2C(NS(C)(=O)=O)CCc3ccc(C(C)(C)O)c(=O)n32)CC1. The summed E-state index contributed by atoms with van der Waals surface area (Å²) in [4.78, 5) is 13.3. The molecule has 0 radical (unpaired) electrons. The maximum atomic E-state index is 13.3. The minimum atomic E-state index is -3.43. The summed E-state index contributed by atoms with van der Waals surface area (Å²) in [5.74, 6) is 0.761. The van der Waals surface area contributed by atoms with Crippen molar-refractivity contribution in [3.63, 3.8) is 0 Å². The number of sulfonamides is 1. The molecule has 2 unspecified atom stereocenters. The molecule has 2 atom stereocenters. The summed E-state index contributed by atoms with van der Waals surface area (Å²) in [6.07, 6.45) is 7.97. The van der Waals surface area contributed by atoms with Crippen molar-refractivity contribution in [2.75, 3.05) is 12.9 Å². The number of hydrogen-bond donors (Lipinski definition) is 2. The van der Waals surface area contributed by atoms with Gasteiger partial charge in [0.05, 0.1) is 30.6 Å². The zero-order valence-corrected chi connectivity index (χ0v) is 19.4. The van der Waals surface area contributed by atoms with Gasteiger partial charge >= 0.3 is 0 Å². The number of aliphatic hydroxyl groups is 1. The molecule has 30 heavy (non-hydrogen) atoms. The number of fused-ring (bicyclic) bond motifs is 1. The van der Waals surface area contributed by atoms with Gasteiger partial charge in [0.15, 0.2) is 0 Å². The third kappa shape index (κ3) is 5.52. The van der Waals surface area contributed by atoms with Crippen molar-refractivity contribution in [3.05, 3.63) is 33.7 Å². The van der Waals surface area contributed by atoms with Crippen molar-refractivity contribution in [2.45, 2.75) is 89.5 Å². The summed E-state index contributed by atoms with van der Waals surface area (Å²) in [5, 5.41) is 10.4. The average molecular weight is 441 g/mol. The fourth-order valence-electron chi connectivity index (χ4n) is 4.84. The van der Waals surface area contributed by atoms with E-state index in [1.807, 2.05) is 6.07 Å². The van der Waals surface area contributed by atoms with Crippen LogP contribution in [0, 0.1) is 5.92 Å². The van der Waals surface area contributed by atoms with Gasteiger partial charge < -0.3 is 14.4 Å². The largest absolute Gasteiger partial charge is 0.386 e. The molecule has 2 aliphatic rings. The van der Waals surface area contributed by atoms with Crippen LogP contribution in [-0.2, 0) is 26.8 Å². The molecule has 8 heteroatoms. The van der Waals surface area contributed by atoms with E-state index in [0.29, 0.717) is 18.4 Å². The molecule has 0 spiro atoms. The molecule has 2 N–H and O–H groups in total. The Hall–Kier alpha value is -1.22. The van der Waals surface area contributed by atoms with Gasteiger partial charge in [-0.3, -0.25) is 4.79 Å². The first-order valence-corrected chi connectivity index (χ1v) is 12.9. The summed E-state index contributed by atoms with van der Waals surface area (Å²) in [6.45, 7) is 5.67. The Bertz CT molecular complexity index is 895. The second-order valence-corrected chi connectivity index (χ2v) is 11.2. The van der Waals surface area contributed by atoms with Crippen molar-refractivity contribution in [1.29, 1.82) is 0 Å². The predicted octanol–water partition coefficient (Wildman–Crippen LogP) is 2.47. The lowest BCUT2D eigenvalue weighted by molar-refractivity contribution is -0.00737. The zero-order chi connectivity index (χ0) is 22.1. The molecule has 2 heterocycles. The van der Waals surface area contributed by atoms with Crippen LogP contribution in [-0.4, -0.2) is 43.1 Å². The maximum absolute atomic E-state index is 13.3. The number of nitrogens with one attached hydrogen (secondary N) is 1. The van der Waals surface area contributed by atoms with Crippen LogP contribution < -0.4 is 10.3 Å². The second kappa shape index (κ2) is 9.10. The van der Waals surface area contributed by atoms with Gasteiger partial charge in [0.1, 0.15) is 0 Å². The quantitative estimate of drug-likeness (QED) is 0.679. The molecule has 1 aliphatic carbocycles. The van der Waals surface area contributed by atoms with Crippen molar-refractivity contribution in [3.8, 4) is 0 Å². The third-order valence-electron chi connectivity index (χ3n) is 6.61. The molecular formula is C22H36N2O5S. The van der Waals surface area contributed by atoms with Crippen molar-refractivity contribution < 1.29 is 18.3 Å². The van der Waals surface area contributed by atoms with Crippen molar-refractivity contribution >= 4 is 10.0 Å². The number of rotatable bonds is 7. The molecule has 0 amide bonds. The topological polar surface area (TPSA) is 97.6 Å². The highest BCUT2D eigenvalue weighted by atomic mass is 32.2. The highest BCUT2D eigenvalue weighted by Gasteiger charge is 2.35. The Morgan fingerprint density at radius 3 is 2.43 bits per heavy atom. The van der Waals surface area contributed by atoms with E-state index in [1.54, 1.807) is 24.5 Å². The van der Waals surface area contributed by atoms with Gasteiger partial charge in [-0.2, -0.15) is 0 Å². The minimum absolute atomic E-state index is 0.144. The van der Waals surface area contributed by atoms with Gasteiger partial charge in [0.25, 0.3) is 5.56 Å². The monoisotopic (exact) mass is 440 g/mol. The van der Waals surface area contributed by atoms with E-state index in [4.69, 9.17) is 4.74 Å². The predicted molar refractivity (Wildman–Crippen MR) is 117 cm³/mol. The van der Waals surface area contributed by atoms with E-state index in [2.05, 4.69) is 11.6 Å². The molecule has 1 aromatic heterocycles. The molecule has 3 rings (SSSR count). The van der Waals surface area contributed by atoms with E-state index in [-0.39, 0.29) is 18.3 Å². The lowest BCUT2D eigenvalue weighted by Gasteiger charge is -2.37. The van der Waals surface area contributed by atoms with Crippen LogP contribution in [0.3, 0.4) is 0 Å². The third-order valence-corrected chi connectivity index (χ3v) is 7.34. The smallest absolute Gasteiger partial charge is 0.257 e. The van der Waals surface area contributed by atoms with E-state index in [0.717, 1.165) is 43.6 Å². The van der Waals surface area contributed by atoms with Crippen LogP contribution in [0.15, 0.2) is 16.9 Å². The Balaban J connectivity index is 1.89. The fraction of sp³-hybridized carbons (Fsp3) is 0.773. The summed E-state index contributed by atoms with van der Waals surface area (Å²) in [7, 11) is -3.43. The number of ether oxygens (including phenoxy) is 1. The number of aryl methyl sites for hydroxylation is 1. The van der Waals surface area contributed by atoms with Crippen LogP contribution in [0.5, 0.6) is 0 Å². The Labute approximate surface area is 179 Å². The van der Waals surface area contributed by atoms with Gasteiger partial charge in [0, 0.05) is 17.3 Å². The van der Waals surface area contributed by atoms with Gasteiger partial charge in [-0.25, -0.2) is 13.1 Å². The van der Waals surface area contributed by atoms with Crippen LogP contribution in [0.25, 0.3) is 0 Å². The zero-order valence-electron chi connectivity index (χ0n) is 18.6. The number of nitrogens with zero attached hydrogens (tertiary/aromatic N) is 1. The fourth-order valence-corrected chi connectivity index (χ4v) is 5.67. The molecule has 0 saturated heterocycles. The Morgan fingerprint density at radius 2 is 1.87 bits per heavy atom. The Kier molecular flexibility index (Phi) is 7.11. The molecule has 0 bridgehead atoms. The first kappa shape index (κ1) is 23.4. The molecule has 1 aromatic rings. The molecular weight excluding hydrogens is 404 g/mol. The van der Waals surface area contributed by atoms with E-state index in [1.165, 1.54) is 6.42 Å². The van der Waals surface area contributed by atoms with Gasteiger partial charge in [-0.1, -0.05) is 13.3 Å². The molecule has 1 fully saturated rings. The average Bonchev–Trinajstić information content (AvgIpc) is 2.65. The standard InChI is InChI=1S/C22H36N2O5S/c1-5-15-6-10-17(11-7-15)29-14-20-19(23-30(4,27)28)13-9-16-8-12-18(22(2,3)26)21(25)24(16)20/h8,12,15,17,19-20,23,26H,5-7,9-11,13-14H2,1-4H3. The van der Waals surface area contributed by atoms with Crippen LogP contribution in [0.2, 0.25) is 0 Å². The minimum Gasteiger partial charge on any atom is -0.386 e. The number of aromatic nitrogens is 1. The number of hydrogen-bond acceptors (Lipinski definition) is 5. The van der Waals surface area contributed by atoms with Gasteiger partial charge in [-0.05, 0) is 70.4 Å².